The first-order valence-electron chi connectivity index (χ1n) is 5.81. The number of nitrogens with zero attached hydrogens (tertiary/aromatic N) is 1. The number of aromatic nitrogens is 1. The molecule has 1 aromatic heterocycles. The van der Waals surface area contributed by atoms with Gasteiger partial charge in [0.1, 0.15) is 5.00 Å². The Balaban J connectivity index is 2.12. The van der Waals surface area contributed by atoms with Crippen LogP contribution in [0.5, 0.6) is 0 Å². The van der Waals surface area contributed by atoms with E-state index in [9.17, 15) is 4.79 Å². The predicted molar refractivity (Wildman–Crippen MR) is 67.3 cm³/mol. The van der Waals surface area contributed by atoms with Crippen LogP contribution in [0.2, 0.25) is 0 Å². The van der Waals surface area contributed by atoms with Gasteiger partial charge in [0.05, 0.1) is 11.3 Å². The maximum absolute atomic E-state index is 11.5. The number of ketones is 1. The Hall–Kier alpha value is -0.900. The third kappa shape index (κ3) is 2.26. The maximum Gasteiger partial charge on any atom is 0.164 e. The molecular formula is C12H18N2OS. The highest BCUT2D eigenvalue weighted by Gasteiger charge is 2.23. The first-order chi connectivity index (χ1) is 7.58. The molecule has 0 aromatic carbocycles. The molecule has 1 heterocycles. The van der Waals surface area contributed by atoms with Crippen LogP contribution in [-0.2, 0) is 0 Å². The number of aryl methyl sites for hydroxylation is 1. The van der Waals surface area contributed by atoms with Crippen molar-refractivity contribution in [3.8, 4) is 0 Å². The fourth-order valence-corrected chi connectivity index (χ4v) is 3.33. The second kappa shape index (κ2) is 4.53. The number of anilines is 1. The summed E-state index contributed by atoms with van der Waals surface area (Å²) in [6, 6.07) is 0.521. The van der Waals surface area contributed by atoms with Crippen molar-refractivity contribution in [2.75, 3.05) is 5.32 Å². The van der Waals surface area contributed by atoms with Crippen molar-refractivity contribution < 1.29 is 4.79 Å². The predicted octanol–water partition coefficient (Wildman–Crippen LogP) is 3.25. The van der Waals surface area contributed by atoms with E-state index in [2.05, 4.69) is 16.6 Å². The Labute approximate surface area is 100 Å². The Morgan fingerprint density at radius 1 is 1.50 bits per heavy atom. The summed E-state index contributed by atoms with van der Waals surface area (Å²) in [7, 11) is 0. The number of carbonyl (C=O) groups excluding carboxylic acids is 1. The second-order valence-corrected chi connectivity index (χ2v) is 5.56. The zero-order valence-electron chi connectivity index (χ0n) is 10.0. The minimum absolute atomic E-state index is 0.111. The molecule has 1 aromatic rings. The minimum atomic E-state index is 0.111. The van der Waals surface area contributed by atoms with Gasteiger partial charge in [-0.3, -0.25) is 4.79 Å². The Morgan fingerprint density at radius 3 is 2.81 bits per heavy atom. The van der Waals surface area contributed by atoms with Gasteiger partial charge in [-0.25, -0.2) is 0 Å². The van der Waals surface area contributed by atoms with Gasteiger partial charge in [-0.15, -0.1) is 0 Å². The van der Waals surface area contributed by atoms with Crippen molar-refractivity contribution in [1.82, 2.24) is 4.37 Å². The Morgan fingerprint density at radius 2 is 2.25 bits per heavy atom. The van der Waals surface area contributed by atoms with E-state index < -0.39 is 0 Å². The number of Topliss-reactive ketones (excluding diaryl/α,β-unsaturated/α-hetero) is 1. The lowest BCUT2D eigenvalue weighted by Crippen LogP contribution is -2.16. The zero-order chi connectivity index (χ0) is 11.7. The quantitative estimate of drug-likeness (QED) is 0.822. The van der Waals surface area contributed by atoms with Crippen molar-refractivity contribution in [2.45, 2.75) is 46.1 Å². The molecule has 0 radical (unpaired) electrons. The van der Waals surface area contributed by atoms with Crippen molar-refractivity contribution in [3.05, 3.63) is 11.3 Å². The van der Waals surface area contributed by atoms with Crippen LogP contribution in [-0.4, -0.2) is 16.2 Å². The molecule has 0 spiro atoms. The summed E-state index contributed by atoms with van der Waals surface area (Å²) in [6.07, 6.45) is 3.69. The van der Waals surface area contributed by atoms with E-state index in [0.29, 0.717) is 6.04 Å². The molecule has 0 bridgehead atoms. The molecule has 0 aliphatic heterocycles. The largest absolute Gasteiger partial charge is 0.372 e. The minimum Gasteiger partial charge on any atom is -0.372 e. The van der Waals surface area contributed by atoms with Crippen molar-refractivity contribution in [3.63, 3.8) is 0 Å². The summed E-state index contributed by atoms with van der Waals surface area (Å²) in [6.45, 7) is 5.79. The van der Waals surface area contributed by atoms with E-state index in [4.69, 9.17) is 0 Å². The van der Waals surface area contributed by atoms with Crippen LogP contribution in [0.3, 0.4) is 0 Å². The van der Waals surface area contributed by atoms with Crippen molar-refractivity contribution in [1.29, 1.82) is 0 Å². The molecular weight excluding hydrogens is 220 g/mol. The van der Waals surface area contributed by atoms with Gasteiger partial charge in [0.2, 0.25) is 0 Å². The zero-order valence-corrected chi connectivity index (χ0v) is 10.9. The van der Waals surface area contributed by atoms with Crippen molar-refractivity contribution >= 4 is 22.3 Å². The highest BCUT2D eigenvalue weighted by atomic mass is 32.1. The molecule has 1 N–H and O–H groups in total. The van der Waals surface area contributed by atoms with E-state index in [-0.39, 0.29) is 5.78 Å². The lowest BCUT2D eigenvalue weighted by atomic mass is 10.1. The third-order valence-electron chi connectivity index (χ3n) is 3.24. The van der Waals surface area contributed by atoms with Crippen LogP contribution in [0, 0.1) is 12.8 Å². The molecule has 1 saturated carbocycles. The smallest absolute Gasteiger partial charge is 0.164 e. The van der Waals surface area contributed by atoms with E-state index in [1.54, 1.807) is 6.92 Å². The summed E-state index contributed by atoms with van der Waals surface area (Å²) in [5, 5.41) is 4.44. The van der Waals surface area contributed by atoms with Gasteiger partial charge in [-0.05, 0) is 50.6 Å². The number of rotatable bonds is 3. The van der Waals surface area contributed by atoms with Crippen LogP contribution in [0.25, 0.3) is 0 Å². The van der Waals surface area contributed by atoms with Gasteiger partial charge >= 0.3 is 0 Å². The lowest BCUT2D eigenvalue weighted by Gasteiger charge is -2.12. The van der Waals surface area contributed by atoms with E-state index in [1.807, 2.05) is 6.92 Å². The summed E-state index contributed by atoms with van der Waals surface area (Å²) >= 11 is 1.41. The monoisotopic (exact) mass is 238 g/mol. The molecule has 4 heteroatoms. The van der Waals surface area contributed by atoms with Crippen LogP contribution in [0.1, 0.15) is 49.2 Å². The van der Waals surface area contributed by atoms with Crippen LogP contribution in [0.15, 0.2) is 0 Å². The molecule has 1 aliphatic carbocycles. The van der Waals surface area contributed by atoms with E-state index in [0.717, 1.165) is 22.2 Å². The highest BCUT2D eigenvalue weighted by molar-refractivity contribution is 7.10. The Kier molecular flexibility index (Phi) is 3.28. The Bertz CT molecular complexity index is 400. The number of hydrogen-bond acceptors (Lipinski definition) is 4. The molecule has 0 amide bonds. The molecule has 3 nitrogen and oxygen atoms in total. The topological polar surface area (TPSA) is 42.0 Å². The molecule has 1 aliphatic rings. The van der Waals surface area contributed by atoms with E-state index in [1.165, 1.54) is 30.8 Å². The van der Waals surface area contributed by atoms with Gasteiger partial charge in [0.25, 0.3) is 0 Å². The molecule has 2 atom stereocenters. The van der Waals surface area contributed by atoms with E-state index >= 15 is 0 Å². The molecule has 88 valence electrons. The molecule has 16 heavy (non-hydrogen) atoms. The maximum atomic E-state index is 11.5. The van der Waals surface area contributed by atoms with Gasteiger partial charge in [-0.2, -0.15) is 4.37 Å². The normalized spacial score (nSPS) is 24.7. The first kappa shape index (κ1) is 11.6. The van der Waals surface area contributed by atoms with Gasteiger partial charge < -0.3 is 5.32 Å². The molecule has 2 rings (SSSR count). The van der Waals surface area contributed by atoms with Crippen molar-refractivity contribution in [2.24, 2.45) is 5.92 Å². The lowest BCUT2D eigenvalue weighted by molar-refractivity contribution is 0.101. The van der Waals surface area contributed by atoms with Crippen LogP contribution >= 0.6 is 11.5 Å². The standard InChI is InChI=1S/C12H18N2OS/c1-7-4-5-10(6-7)13-12-11(9(3)15)8(2)14-16-12/h7,10,13H,4-6H2,1-3H3. The molecule has 1 fully saturated rings. The third-order valence-corrected chi connectivity index (χ3v) is 4.11. The number of nitrogens with one attached hydrogen (secondary N) is 1. The van der Waals surface area contributed by atoms with Gasteiger partial charge in [0.15, 0.2) is 5.78 Å². The fourth-order valence-electron chi connectivity index (χ4n) is 2.41. The average Bonchev–Trinajstić information content (AvgIpc) is 2.74. The average molecular weight is 238 g/mol. The number of hydrogen-bond donors (Lipinski definition) is 1. The second-order valence-electron chi connectivity index (χ2n) is 4.79. The van der Waals surface area contributed by atoms with Crippen LogP contribution < -0.4 is 5.32 Å². The SMILES string of the molecule is CC(=O)c1c(C)nsc1NC1CCC(C)C1. The summed E-state index contributed by atoms with van der Waals surface area (Å²) in [5.74, 6) is 0.909. The molecule has 2 unspecified atom stereocenters. The fraction of sp³-hybridized carbons (Fsp3) is 0.667. The summed E-state index contributed by atoms with van der Waals surface area (Å²) in [5.41, 5.74) is 1.63. The number of carbonyl (C=O) groups is 1. The summed E-state index contributed by atoms with van der Waals surface area (Å²) in [4.78, 5) is 11.5. The van der Waals surface area contributed by atoms with Gasteiger partial charge in [-0.1, -0.05) is 6.92 Å². The highest BCUT2D eigenvalue weighted by Crippen LogP contribution is 2.31. The molecule has 0 saturated heterocycles. The van der Waals surface area contributed by atoms with Gasteiger partial charge in [0, 0.05) is 6.04 Å². The summed E-state index contributed by atoms with van der Waals surface area (Å²) < 4.78 is 4.26. The van der Waals surface area contributed by atoms with Crippen LogP contribution in [0.4, 0.5) is 5.00 Å². The first-order valence-corrected chi connectivity index (χ1v) is 6.59.